The molecule has 2 aromatic heterocycles. The van der Waals surface area contributed by atoms with Gasteiger partial charge in [0.25, 0.3) is 0 Å². The maximum Gasteiger partial charge on any atom is 0.315 e. The molecule has 2 amide bonds. The van der Waals surface area contributed by atoms with Crippen LogP contribution in [0.25, 0.3) is 22.2 Å². The SMILES string of the molecule is Nc1ncnc2c1c(-c1cccc(OCc3ccccc3)c1)cn2C1CCC(NC(=O)NCc2ccccc2)CC1. The lowest BCUT2D eigenvalue weighted by molar-refractivity contribution is 0.227. The smallest absolute Gasteiger partial charge is 0.315 e. The van der Waals surface area contributed by atoms with Crippen molar-refractivity contribution >= 4 is 22.9 Å². The van der Waals surface area contributed by atoms with E-state index in [2.05, 4.69) is 49.6 Å². The summed E-state index contributed by atoms with van der Waals surface area (Å²) >= 11 is 0. The average Bonchev–Trinajstić information content (AvgIpc) is 3.42. The summed E-state index contributed by atoms with van der Waals surface area (Å²) in [6.45, 7) is 1.01. The van der Waals surface area contributed by atoms with Gasteiger partial charge in [-0.25, -0.2) is 14.8 Å². The molecule has 2 heterocycles. The highest BCUT2D eigenvalue weighted by Crippen LogP contribution is 2.38. The minimum atomic E-state index is -0.124. The van der Waals surface area contributed by atoms with Crippen LogP contribution in [0.2, 0.25) is 0 Å². The molecular formula is C33H34N6O2. The number of amides is 2. The second-order valence-electron chi connectivity index (χ2n) is 10.5. The van der Waals surface area contributed by atoms with Crippen LogP contribution in [-0.4, -0.2) is 26.6 Å². The summed E-state index contributed by atoms with van der Waals surface area (Å²) in [5, 5.41) is 6.97. The largest absolute Gasteiger partial charge is 0.489 e. The third kappa shape index (κ3) is 6.17. The molecule has 1 aliphatic carbocycles. The summed E-state index contributed by atoms with van der Waals surface area (Å²) in [7, 11) is 0. The maximum absolute atomic E-state index is 12.5. The number of anilines is 1. The summed E-state index contributed by atoms with van der Waals surface area (Å²) < 4.78 is 8.34. The Labute approximate surface area is 239 Å². The van der Waals surface area contributed by atoms with Crippen molar-refractivity contribution in [3.05, 3.63) is 109 Å². The molecule has 0 saturated heterocycles. The Balaban J connectivity index is 1.15. The summed E-state index contributed by atoms with van der Waals surface area (Å²) in [6, 6.07) is 28.4. The van der Waals surface area contributed by atoms with Crippen LogP contribution >= 0.6 is 0 Å². The number of nitrogen functional groups attached to an aromatic ring is 1. The van der Waals surface area contributed by atoms with Crippen LogP contribution in [0.15, 0.2) is 97.5 Å². The normalized spacial score (nSPS) is 16.8. The zero-order valence-corrected chi connectivity index (χ0v) is 22.9. The third-order valence-corrected chi connectivity index (χ3v) is 7.75. The fourth-order valence-electron chi connectivity index (χ4n) is 5.61. The van der Waals surface area contributed by atoms with Gasteiger partial charge in [-0.3, -0.25) is 0 Å². The molecule has 0 aliphatic heterocycles. The Kier molecular flexibility index (Phi) is 7.80. The number of urea groups is 1. The van der Waals surface area contributed by atoms with Gasteiger partial charge in [0.2, 0.25) is 0 Å². The Morgan fingerprint density at radius 1 is 0.902 bits per heavy atom. The highest BCUT2D eigenvalue weighted by molar-refractivity contribution is 6.00. The molecule has 0 spiro atoms. The number of benzene rings is 3. The Morgan fingerprint density at radius 2 is 1.63 bits per heavy atom. The first kappa shape index (κ1) is 26.4. The molecule has 5 aromatic rings. The fourth-order valence-corrected chi connectivity index (χ4v) is 5.61. The van der Waals surface area contributed by atoms with E-state index in [4.69, 9.17) is 10.5 Å². The summed E-state index contributed by atoms with van der Waals surface area (Å²) in [6.07, 6.45) is 7.32. The molecule has 0 atom stereocenters. The van der Waals surface area contributed by atoms with Gasteiger partial charge in [-0.15, -0.1) is 0 Å². The number of rotatable bonds is 8. The van der Waals surface area contributed by atoms with Gasteiger partial charge in [0.1, 0.15) is 30.1 Å². The van der Waals surface area contributed by atoms with E-state index in [1.54, 1.807) is 0 Å². The lowest BCUT2D eigenvalue weighted by Gasteiger charge is -2.30. The second kappa shape index (κ2) is 12.1. The van der Waals surface area contributed by atoms with Crippen molar-refractivity contribution in [2.45, 2.75) is 50.9 Å². The minimum absolute atomic E-state index is 0.124. The first-order chi connectivity index (χ1) is 20.1. The summed E-state index contributed by atoms with van der Waals surface area (Å²) in [5.74, 6) is 1.25. The van der Waals surface area contributed by atoms with E-state index < -0.39 is 0 Å². The van der Waals surface area contributed by atoms with Crippen LogP contribution in [0.1, 0.15) is 42.9 Å². The first-order valence-electron chi connectivity index (χ1n) is 14.1. The van der Waals surface area contributed by atoms with E-state index in [0.29, 0.717) is 19.0 Å². The Morgan fingerprint density at radius 3 is 2.39 bits per heavy atom. The number of hydrogen-bond acceptors (Lipinski definition) is 5. The molecule has 1 saturated carbocycles. The predicted molar refractivity (Wildman–Crippen MR) is 161 cm³/mol. The fraction of sp³-hybridized carbons (Fsp3) is 0.242. The molecular weight excluding hydrogens is 512 g/mol. The van der Waals surface area contributed by atoms with Gasteiger partial charge in [0, 0.05) is 30.4 Å². The van der Waals surface area contributed by atoms with E-state index in [0.717, 1.165) is 64.7 Å². The van der Waals surface area contributed by atoms with Crippen LogP contribution in [0.3, 0.4) is 0 Å². The predicted octanol–water partition coefficient (Wildman–Crippen LogP) is 6.24. The molecule has 1 aliphatic rings. The second-order valence-corrected chi connectivity index (χ2v) is 10.5. The molecule has 6 rings (SSSR count). The topological polar surface area (TPSA) is 107 Å². The Bertz CT molecular complexity index is 1610. The lowest BCUT2D eigenvalue weighted by Crippen LogP contribution is -2.43. The van der Waals surface area contributed by atoms with Crippen LogP contribution in [0.4, 0.5) is 10.6 Å². The van der Waals surface area contributed by atoms with Crippen LogP contribution in [0.5, 0.6) is 5.75 Å². The monoisotopic (exact) mass is 546 g/mol. The number of fused-ring (bicyclic) bond motifs is 1. The molecule has 208 valence electrons. The van der Waals surface area contributed by atoms with Gasteiger partial charge >= 0.3 is 6.03 Å². The number of aromatic nitrogens is 3. The molecule has 8 heteroatoms. The van der Waals surface area contributed by atoms with Crippen molar-refractivity contribution < 1.29 is 9.53 Å². The van der Waals surface area contributed by atoms with Crippen molar-refractivity contribution in [1.82, 2.24) is 25.2 Å². The van der Waals surface area contributed by atoms with E-state index in [1.807, 2.05) is 66.7 Å². The van der Waals surface area contributed by atoms with Crippen molar-refractivity contribution in [1.29, 1.82) is 0 Å². The number of nitrogens with two attached hydrogens (primary N) is 1. The molecule has 8 nitrogen and oxygen atoms in total. The zero-order valence-electron chi connectivity index (χ0n) is 22.9. The van der Waals surface area contributed by atoms with Gasteiger partial charge in [-0.1, -0.05) is 72.8 Å². The van der Waals surface area contributed by atoms with E-state index in [-0.39, 0.29) is 18.1 Å². The molecule has 0 radical (unpaired) electrons. The van der Waals surface area contributed by atoms with Gasteiger partial charge in [0.15, 0.2) is 0 Å². The maximum atomic E-state index is 12.5. The van der Waals surface area contributed by atoms with Gasteiger partial charge < -0.3 is 25.7 Å². The first-order valence-corrected chi connectivity index (χ1v) is 14.1. The molecule has 41 heavy (non-hydrogen) atoms. The summed E-state index contributed by atoms with van der Waals surface area (Å²) in [4.78, 5) is 21.4. The van der Waals surface area contributed by atoms with Crippen LogP contribution in [-0.2, 0) is 13.2 Å². The number of carbonyl (C=O) groups excluding carboxylic acids is 1. The molecule has 1 fully saturated rings. The van der Waals surface area contributed by atoms with Crippen LogP contribution < -0.4 is 21.1 Å². The number of ether oxygens (including phenoxy) is 1. The summed E-state index contributed by atoms with van der Waals surface area (Å²) in [5.41, 5.74) is 11.4. The zero-order chi connectivity index (χ0) is 28.0. The lowest BCUT2D eigenvalue weighted by atomic mass is 9.91. The Hall–Kier alpha value is -4.85. The minimum Gasteiger partial charge on any atom is -0.489 e. The molecule has 3 aromatic carbocycles. The third-order valence-electron chi connectivity index (χ3n) is 7.75. The van der Waals surface area contributed by atoms with Gasteiger partial charge in [0.05, 0.1) is 5.39 Å². The standard InChI is InChI=1S/C33H34N6O2/c34-31-30-29(25-12-7-13-28(18-25)41-21-24-10-5-2-6-11-24)20-39(32(30)37-22-36-31)27-16-14-26(15-17-27)38-33(40)35-19-23-8-3-1-4-9-23/h1-13,18,20,22,26-27H,14-17,19,21H2,(H2,34,36,37)(H2,35,38,40). The van der Waals surface area contributed by atoms with Crippen molar-refractivity contribution in [2.24, 2.45) is 0 Å². The number of hydrogen-bond donors (Lipinski definition) is 3. The molecule has 4 N–H and O–H groups in total. The molecule has 0 unspecified atom stereocenters. The quantitative estimate of drug-likeness (QED) is 0.213. The van der Waals surface area contributed by atoms with E-state index >= 15 is 0 Å². The highest BCUT2D eigenvalue weighted by Gasteiger charge is 2.26. The van der Waals surface area contributed by atoms with Crippen molar-refractivity contribution in [3.8, 4) is 16.9 Å². The van der Waals surface area contributed by atoms with Crippen molar-refractivity contribution in [2.75, 3.05) is 5.73 Å². The van der Waals surface area contributed by atoms with E-state index in [1.165, 1.54) is 6.33 Å². The van der Waals surface area contributed by atoms with Crippen LogP contribution in [0, 0.1) is 0 Å². The van der Waals surface area contributed by atoms with Crippen molar-refractivity contribution in [3.63, 3.8) is 0 Å². The number of nitrogens with one attached hydrogen (secondary N) is 2. The molecule has 0 bridgehead atoms. The highest BCUT2D eigenvalue weighted by atomic mass is 16.5. The average molecular weight is 547 g/mol. The number of carbonyl (C=O) groups is 1. The van der Waals surface area contributed by atoms with Gasteiger partial charge in [-0.2, -0.15) is 0 Å². The number of nitrogens with zero attached hydrogens (tertiary/aromatic N) is 3. The van der Waals surface area contributed by atoms with Gasteiger partial charge in [-0.05, 0) is 54.5 Å². The van der Waals surface area contributed by atoms with E-state index in [9.17, 15) is 4.79 Å².